The highest BCUT2D eigenvalue weighted by Crippen LogP contribution is 2.40. The van der Waals surface area contributed by atoms with Gasteiger partial charge in [-0.25, -0.2) is 4.39 Å². The van der Waals surface area contributed by atoms with Crippen LogP contribution in [0.2, 0.25) is 0 Å². The lowest BCUT2D eigenvalue weighted by Crippen LogP contribution is -2.30. The van der Waals surface area contributed by atoms with Crippen LogP contribution in [0.25, 0.3) is 17.6 Å². The number of allylic oxidation sites excluding steroid dienone is 1. The van der Waals surface area contributed by atoms with Gasteiger partial charge < -0.3 is 14.0 Å². The second-order valence-electron chi connectivity index (χ2n) is 8.87. The summed E-state index contributed by atoms with van der Waals surface area (Å²) in [4.78, 5) is 6.75. The quantitative estimate of drug-likeness (QED) is 0.515. The summed E-state index contributed by atoms with van der Waals surface area (Å²) in [5.74, 6) is 2.02. The number of aromatic nitrogens is 3. The highest BCUT2D eigenvalue weighted by atomic mass is 19.1. The number of nitrogens with zero attached hydrogens (tertiary/aromatic N) is 4. The van der Waals surface area contributed by atoms with Crippen LogP contribution in [0.5, 0.6) is 0 Å². The summed E-state index contributed by atoms with van der Waals surface area (Å²) in [6.45, 7) is 2.05. The van der Waals surface area contributed by atoms with E-state index in [9.17, 15) is 4.39 Å². The highest BCUT2D eigenvalue weighted by Gasteiger charge is 2.29. The van der Waals surface area contributed by atoms with Gasteiger partial charge in [-0.05, 0) is 94.4 Å². The Labute approximate surface area is 183 Å². The van der Waals surface area contributed by atoms with Crippen molar-refractivity contribution in [3.8, 4) is 11.5 Å². The Balaban J connectivity index is 1.38. The van der Waals surface area contributed by atoms with Gasteiger partial charge in [0, 0.05) is 18.8 Å². The van der Waals surface area contributed by atoms with E-state index in [1.165, 1.54) is 6.07 Å². The third-order valence-electron chi connectivity index (χ3n) is 6.56. The molecule has 0 saturated heterocycles. The Bertz CT molecular complexity index is 1040. The minimum absolute atomic E-state index is 0.162. The monoisotopic (exact) mass is 422 g/mol. The standard InChI is InChI=1S/C25H31FN4O/c1-17-8-14-22(30(17)4)25-27-23(31-28-25)15-11-18-9-12-19(13-10-18)24(29(2)3)20-6-5-7-21(26)16-20/h5-8,11,14-16,18-19,24H,9-10,12-13H2,1-4H3/b15-11+. The zero-order chi connectivity index (χ0) is 22.0. The number of hydrogen-bond donors (Lipinski definition) is 0. The molecule has 0 aliphatic heterocycles. The maximum atomic E-state index is 13.8. The molecule has 0 bridgehead atoms. The molecule has 0 spiro atoms. The van der Waals surface area contributed by atoms with Crippen molar-refractivity contribution in [2.45, 2.75) is 38.6 Å². The van der Waals surface area contributed by atoms with Crippen LogP contribution >= 0.6 is 0 Å². The van der Waals surface area contributed by atoms with Gasteiger partial charge >= 0.3 is 0 Å². The van der Waals surface area contributed by atoms with Crippen LogP contribution in [-0.4, -0.2) is 33.7 Å². The SMILES string of the molecule is Cc1ccc(-c2noc(/C=C/C3CCC(C(c4cccc(F)c4)N(C)C)CC3)n2)n1C. The van der Waals surface area contributed by atoms with E-state index in [-0.39, 0.29) is 11.9 Å². The van der Waals surface area contributed by atoms with E-state index in [2.05, 4.69) is 46.7 Å². The van der Waals surface area contributed by atoms with Crippen molar-refractivity contribution in [2.75, 3.05) is 14.1 Å². The molecule has 164 valence electrons. The number of halogens is 1. The lowest BCUT2D eigenvalue weighted by molar-refractivity contribution is 0.159. The first-order chi connectivity index (χ1) is 14.9. The highest BCUT2D eigenvalue weighted by molar-refractivity contribution is 5.52. The van der Waals surface area contributed by atoms with Crippen LogP contribution in [0.4, 0.5) is 4.39 Å². The molecule has 1 aliphatic rings. The van der Waals surface area contributed by atoms with E-state index >= 15 is 0 Å². The molecule has 1 atom stereocenters. The van der Waals surface area contributed by atoms with Gasteiger partial charge in [-0.2, -0.15) is 4.98 Å². The molecule has 1 saturated carbocycles. The Morgan fingerprint density at radius 3 is 2.58 bits per heavy atom. The third-order valence-corrected chi connectivity index (χ3v) is 6.56. The van der Waals surface area contributed by atoms with Crippen LogP contribution < -0.4 is 0 Å². The molecule has 5 nitrogen and oxygen atoms in total. The molecule has 4 rings (SSSR count). The van der Waals surface area contributed by atoms with Crippen LogP contribution in [0.15, 0.2) is 47.0 Å². The molecule has 1 fully saturated rings. The lowest BCUT2D eigenvalue weighted by atomic mass is 9.76. The van der Waals surface area contributed by atoms with Gasteiger partial charge in [-0.1, -0.05) is 23.4 Å². The summed E-state index contributed by atoms with van der Waals surface area (Å²) in [5.41, 5.74) is 3.18. The van der Waals surface area contributed by atoms with E-state index in [4.69, 9.17) is 4.52 Å². The molecular formula is C25H31FN4O. The van der Waals surface area contributed by atoms with Gasteiger partial charge in [0.25, 0.3) is 5.89 Å². The molecule has 2 heterocycles. The lowest BCUT2D eigenvalue weighted by Gasteiger charge is -2.37. The van der Waals surface area contributed by atoms with E-state index in [1.54, 1.807) is 6.07 Å². The van der Waals surface area contributed by atoms with E-state index in [0.717, 1.165) is 42.6 Å². The fraction of sp³-hybridized carbons (Fsp3) is 0.440. The molecule has 1 aliphatic carbocycles. The Hall–Kier alpha value is -2.73. The number of hydrogen-bond acceptors (Lipinski definition) is 4. The average molecular weight is 423 g/mol. The Morgan fingerprint density at radius 1 is 1.16 bits per heavy atom. The van der Waals surface area contributed by atoms with Crippen molar-refractivity contribution in [1.82, 2.24) is 19.6 Å². The first-order valence-electron chi connectivity index (χ1n) is 11.0. The molecule has 6 heteroatoms. The van der Waals surface area contributed by atoms with Crippen LogP contribution in [0.1, 0.15) is 48.9 Å². The van der Waals surface area contributed by atoms with Crippen molar-refractivity contribution >= 4 is 6.08 Å². The maximum absolute atomic E-state index is 13.8. The molecule has 1 aromatic carbocycles. The summed E-state index contributed by atoms with van der Waals surface area (Å²) < 4.78 is 21.3. The van der Waals surface area contributed by atoms with Crippen molar-refractivity contribution in [1.29, 1.82) is 0 Å². The normalized spacial score (nSPS) is 20.6. The van der Waals surface area contributed by atoms with Gasteiger partial charge in [0.1, 0.15) is 5.82 Å². The minimum Gasteiger partial charge on any atom is -0.345 e. The summed E-state index contributed by atoms with van der Waals surface area (Å²) >= 11 is 0. The van der Waals surface area contributed by atoms with Gasteiger partial charge in [0.2, 0.25) is 5.82 Å². The predicted molar refractivity (Wildman–Crippen MR) is 121 cm³/mol. The minimum atomic E-state index is -0.162. The summed E-state index contributed by atoms with van der Waals surface area (Å²) in [6.07, 6.45) is 8.61. The number of aryl methyl sites for hydroxylation is 1. The molecule has 0 radical (unpaired) electrons. The molecule has 31 heavy (non-hydrogen) atoms. The van der Waals surface area contributed by atoms with Gasteiger partial charge in [-0.15, -0.1) is 0 Å². The molecule has 3 aromatic rings. The average Bonchev–Trinajstić information content (AvgIpc) is 3.34. The van der Waals surface area contributed by atoms with Crippen molar-refractivity contribution in [3.05, 3.63) is 65.4 Å². The largest absolute Gasteiger partial charge is 0.345 e. The van der Waals surface area contributed by atoms with Crippen LogP contribution in [0, 0.1) is 24.6 Å². The van der Waals surface area contributed by atoms with Gasteiger partial charge in [-0.3, -0.25) is 0 Å². The third kappa shape index (κ3) is 4.79. The first-order valence-corrected chi connectivity index (χ1v) is 11.0. The van der Waals surface area contributed by atoms with Crippen LogP contribution in [-0.2, 0) is 7.05 Å². The van der Waals surface area contributed by atoms with E-state index < -0.39 is 0 Å². The molecule has 0 N–H and O–H groups in total. The van der Waals surface area contributed by atoms with Crippen molar-refractivity contribution in [2.24, 2.45) is 18.9 Å². The second kappa shape index (κ2) is 9.18. The second-order valence-corrected chi connectivity index (χ2v) is 8.87. The van der Waals surface area contributed by atoms with E-state index in [1.807, 2.05) is 37.4 Å². The summed E-state index contributed by atoms with van der Waals surface area (Å²) in [5, 5.41) is 4.13. The molecule has 2 aromatic heterocycles. The molecule has 0 amide bonds. The van der Waals surface area contributed by atoms with Crippen LogP contribution in [0.3, 0.4) is 0 Å². The topological polar surface area (TPSA) is 47.1 Å². The first kappa shape index (κ1) is 21.5. The fourth-order valence-electron chi connectivity index (χ4n) is 4.80. The predicted octanol–water partition coefficient (Wildman–Crippen LogP) is 5.65. The summed E-state index contributed by atoms with van der Waals surface area (Å²) in [7, 11) is 6.17. The van der Waals surface area contributed by atoms with Gasteiger partial charge in [0.05, 0.1) is 5.69 Å². The molecular weight excluding hydrogens is 391 g/mol. The van der Waals surface area contributed by atoms with Crippen molar-refractivity contribution < 1.29 is 8.91 Å². The van der Waals surface area contributed by atoms with Crippen molar-refractivity contribution in [3.63, 3.8) is 0 Å². The smallest absolute Gasteiger partial charge is 0.250 e. The Kier molecular flexibility index (Phi) is 6.37. The Morgan fingerprint density at radius 2 is 1.94 bits per heavy atom. The number of benzene rings is 1. The fourth-order valence-corrected chi connectivity index (χ4v) is 4.80. The zero-order valence-electron chi connectivity index (χ0n) is 18.8. The van der Waals surface area contributed by atoms with E-state index in [0.29, 0.717) is 23.6 Å². The maximum Gasteiger partial charge on any atom is 0.250 e. The summed E-state index contributed by atoms with van der Waals surface area (Å²) in [6, 6.07) is 11.3. The zero-order valence-corrected chi connectivity index (χ0v) is 18.8. The number of rotatable bonds is 6. The van der Waals surface area contributed by atoms with Gasteiger partial charge in [0.15, 0.2) is 0 Å². The molecule has 1 unspecified atom stereocenters.